The maximum Gasteiger partial charge on any atom is 0.254 e. The summed E-state index contributed by atoms with van der Waals surface area (Å²) in [5, 5.41) is 0. The van der Waals surface area contributed by atoms with Gasteiger partial charge >= 0.3 is 0 Å². The highest BCUT2D eigenvalue weighted by Gasteiger charge is 2.13. The average molecular weight is 233 g/mol. The predicted molar refractivity (Wildman–Crippen MR) is 68.7 cm³/mol. The molecule has 0 saturated heterocycles. The van der Waals surface area contributed by atoms with Crippen LogP contribution in [0.3, 0.4) is 0 Å². The van der Waals surface area contributed by atoms with Gasteiger partial charge < -0.3 is 4.90 Å². The molecule has 1 aromatic rings. The molecule has 0 saturated carbocycles. The molecule has 0 aliphatic carbocycles. The SMILES string of the molecule is C#CCN(CCC)C(=O)c1ccc(S)cc1. The first kappa shape index (κ1) is 12.7. The Morgan fingerprint density at radius 3 is 2.56 bits per heavy atom. The minimum absolute atomic E-state index is 0.0202. The van der Waals surface area contributed by atoms with Gasteiger partial charge in [0, 0.05) is 17.0 Å². The number of hydrogen-bond donors (Lipinski definition) is 1. The molecule has 0 radical (unpaired) electrons. The third-order valence-electron chi connectivity index (χ3n) is 2.18. The third kappa shape index (κ3) is 3.32. The Labute approximate surface area is 102 Å². The molecule has 0 bridgehead atoms. The van der Waals surface area contributed by atoms with Crippen LogP contribution in [0.25, 0.3) is 0 Å². The predicted octanol–water partition coefficient (Wildman–Crippen LogP) is 2.46. The van der Waals surface area contributed by atoms with Gasteiger partial charge in [0.2, 0.25) is 0 Å². The van der Waals surface area contributed by atoms with E-state index in [0.717, 1.165) is 11.3 Å². The van der Waals surface area contributed by atoms with Gasteiger partial charge in [-0.15, -0.1) is 19.1 Å². The molecular formula is C13H15NOS. The summed E-state index contributed by atoms with van der Waals surface area (Å²) in [5.74, 6) is 2.48. The lowest BCUT2D eigenvalue weighted by molar-refractivity contribution is 0.0777. The first-order chi connectivity index (χ1) is 7.69. The van der Waals surface area contributed by atoms with Gasteiger partial charge in [-0.2, -0.15) is 0 Å². The molecule has 0 N–H and O–H groups in total. The third-order valence-corrected chi connectivity index (χ3v) is 2.48. The molecule has 2 nitrogen and oxygen atoms in total. The van der Waals surface area contributed by atoms with E-state index in [4.69, 9.17) is 6.42 Å². The van der Waals surface area contributed by atoms with Gasteiger partial charge in [-0.3, -0.25) is 4.79 Å². The van der Waals surface area contributed by atoms with Crippen molar-refractivity contribution in [3.8, 4) is 12.3 Å². The van der Waals surface area contributed by atoms with Gasteiger partial charge in [-0.25, -0.2) is 0 Å². The van der Waals surface area contributed by atoms with E-state index in [1.165, 1.54) is 0 Å². The normalized spacial score (nSPS) is 9.56. The number of rotatable bonds is 4. The van der Waals surface area contributed by atoms with Gasteiger partial charge in [0.25, 0.3) is 5.91 Å². The van der Waals surface area contributed by atoms with Crippen LogP contribution < -0.4 is 0 Å². The zero-order valence-electron chi connectivity index (χ0n) is 9.31. The van der Waals surface area contributed by atoms with E-state index in [0.29, 0.717) is 18.7 Å². The first-order valence-corrected chi connectivity index (χ1v) is 5.65. The number of carbonyl (C=O) groups excluding carboxylic acids is 1. The smallest absolute Gasteiger partial charge is 0.254 e. The fourth-order valence-electron chi connectivity index (χ4n) is 1.42. The highest BCUT2D eigenvalue weighted by Crippen LogP contribution is 2.10. The van der Waals surface area contributed by atoms with Gasteiger partial charge in [0.15, 0.2) is 0 Å². The van der Waals surface area contributed by atoms with E-state index in [-0.39, 0.29) is 5.91 Å². The van der Waals surface area contributed by atoms with E-state index in [9.17, 15) is 4.79 Å². The molecule has 1 rings (SSSR count). The first-order valence-electron chi connectivity index (χ1n) is 5.20. The number of thiol groups is 1. The maximum absolute atomic E-state index is 12.0. The van der Waals surface area contributed by atoms with Crippen molar-refractivity contribution in [1.29, 1.82) is 0 Å². The van der Waals surface area contributed by atoms with Crippen molar-refractivity contribution >= 4 is 18.5 Å². The summed E-state index contributed by atoms with van der Waals surface area (Å²) in [4.78, 5) is 14.6. The zero-order chi connectivity index (χ0) is 12.0. The van der Waals surface area contributed by atoms with E-state index >= 15 is 0 Å². The van der Waals surface area contributed by atoms with E-state index in [1.54, 1.807) is 29.2 Å². The van der Waals surface area contributed by atoms with Crippen molar-refractivity contribution in [2.75, 3.05) is 13.1 Å². The Balaban J connectivity index is 2.82. The van der Waals surface area contributed by atoms with Crippen LogP contribution in [0, 0.1) is 12.3 Å². The van der Waals surface area contributed by atoms with Crippen LogP contribution in [-0.2, 0) is 0 Å². The molecule has 84 valence electrons. The van der Waals surface area contributed by atoms with Crippen molar-refractivity contribution in [3.05, 3.63) is 29.8 Å². The number of carbonyl (C=O) groups is 1. The molecule has 0 heterocycles. The van der Waals surface area contributed by atoms with Crippen molar-refractivity contribution < 1.29 is 4.79 Å². The van der Waals surface area contributed by atoms with Crippen molar-refractivity contribution in [2.24, 2.45) is 0 Å². The Bertz CT molecular complexity index is 391. The Morgan fingerprint density at radius 1 is 1.44 bits per heavy atom. The summed E-state index contributed by atoms with van der Waals surface area (Å²) in [7, 11) is 0. The summed E-state index contributed by atoms with van der Waals surface area (Å²) in [6, 6.07) is 7.14. The van der Waals surface area contributed by atoms with Crippen LogP contribution in [0.15, 0.2) is 29.2 Å². The van der Waals surface area contributed by atoms with Crippen molar-refractivity contribution in [1.82, 2.24) is 4.90 Å². The number of nitrogens with zero attached hydrogens (tertiary/aromatic N) is 1. The molecule has 0 aromatic heterocycles. The van der Waals surface area contributed by atoms with Gasteiger partial charge in [-0.1, -0.05) is 12.8 Å². The molecule has 1 amide bonds. The lowest BCUT2D eigenvalue weighted by Crippen LogP contribution is -2.32. The minimum atomic E-state index is -0.0202. The lowest BCUT2D eigenvalue weighted by atomic mass is 10.2. The van der Waals surface area contributed by atoms with E-state index in [2.05, 4.69) is 18.5 Å². The Kier molecular flexibility index (Phi) is 4.94. The summed E-state index contributed by atoms with van der Waals surface area (Å²) in [6.45, 7) is 3.06. The molecular weight excluding hydrogens is 218 g/mol. The van der Waals surface area contributed by atoms with Crippen LogP contribution in [0.5, 0.6) is 0 Å². The summed E-state index contributed by atoms with van der Waals surface area (Å²) in [5.41, 5.74) is 0.654. The van der Waals surface area contributed by atoms with Gasteiger partial charge in [0.1, 0.15) is 0 Å². The minimum Gasteiger partial charge on any atom is -0.328 e. The average Bonchev–Trinajstić information content (AvgIpc) is 2.29. The van der Waals surface area contributed by atoms with E-state index < -0.39 is 0 Å². The fourth-order valence-corrected chi connectivity index (χ4v) is 1.57. The second-order valence-corrected chi connectivity index (χ2v) is 3.99. The highest BCUT2D eigenvalue weighted by molar-refractivity contribution is 7.80. The molecule has 3 heteroatoms. The molecule has 0 atom stereocenters. The highest BCUT2D eigenvalue weighted by atomic mass is 32.1. The number of benzene rings is 1. The second-order valence-electron chi connectivity index (χ2n) is 3.48. The monoisotopic (exact) mass is 233 g/mol. The van der Waals surface area contributed by atoms with Crippen LogP contribution >= 0.6 is 12.6 Å². The molecule has 0 aliphatic rings. The molecule has 0 unspecified atom stereocenters. The zero-order valence-corrected chi connectivity index (χ0v) is 10.2. The van der Waals surface area contributed by atoms with Gasteiger partial charge in [0.05, 0.1) is 6.54 Å². The van der Waals surface area contributed by atoms with Crippen LogP contribution in [-0.4, -0.2) is 23.9 Å². The fraction of sp³-hybridized carbons (Fsp3) is 0.308. The second kappa shape index (κ2) is 6.24. The number of terminal acetylenes is 1. The summed E-state index contributed by atoms with van der Waals surface area (Å²) in [6.07, 6.45) is 6.14. The quantitative estimate of drug-likeness (QED) is 0.625. The Hall–Kier alpha value is -1.40. The maximum atomic E-state index is 12.0. The standard InChI is InChI=1S/C13H15NOS/c1-3-9-14(10-4-2)13(15)11-5-7-12(16)8-6-11/h1,5-8,16H,4,9-10H2,2H3. The van der Waals surface area contributed by atoms with Crippen LogP contribution in [0.1, 0.15) is 23.7 Å². The summed E-state index contributed by atoms with van der Waals surface area (Å²) >= 11 is 4.18. The van der Waals surface area contributed by atoms with Crippen molar-refractivity contribution in [3.63, 3.8) is 0 Å². The van der Waals surface area contributed by atoms with Crippen molar-refractivity contribution in [2.45, 2.75) is 18.2 Å². The number of amides is 1. The van der Waals surface area contributed by atoms with E-state index in [1.807, 2.05) is 6.92 Å². The number of hydrogen-bond acceptors (Lipinski definition) is 2. The topological polar surface area (TPSA) is 20.3 Å². The molecule has 0 spiro atoms. The van der Waals surface area contributed by atoms with Crippen LogP contribution in [0.4, 0.5) is 0 Å². The molecule has 0 aliphatic heterocycles. The van der Waals surface area contributed by atoms with Crippen LogP contribution in [0.2, 0.25) is 0 Å². The molecule has 0 fully saturated rings. The molecule has 16 heavy (non-hydrogen) atoms. The summed E-state index contributed by atoms with van der Waals surface area (Å²) < 4.78 is 0. The lowest BCUT2D eigenvalue weighted by Gasteiger charge is -2.19. The Morgan fingerprint density at radius 2 is 2.06 bits per heavy atom. The largest absolute Gasteiger partial charge is 0.328 e. The van der Waals surface area contributed by atoms with Gasteiger partial charge in [-0.05, 0) is 30.7 Å². The molecule has 1 aromatic carbocycles.